The lowest BCUT2D eigenvalue weighted by Crippen LogP contribution is -2.38. The van der Waals surface area contributed by atoms with Gasteiger partial charge in [-0.05, 0) is 42.6 Å². The fourth-order valence-electron chi connectivity index (χ4n) is 3.18. The van der Waals surface area contributed by atoms with Crippen molar-refractivity contribution in [1.29, 1.82) is 0 Å². The van der Waals surface area contributed by atoms with E-state index in [-0.39, 0.29) is 5.92 Å². The number of ether oxygens (including phenoxy) is 1. The zero-order valence-corrected chi connectivity index (χ0v) is 14.9. The fourth-order valence-corrected chi connectivity index (χ4v) is 3.18. The molecule has 136 valence electrons. The Kier molecular flexibility index (Phi) is 6.45. The number of hydrogen-bond donors (Lipinski definition) is 1. The monoisotopic (exact) mass is 351 g/mol. The molecule has 0 aliphatic carbocycles. The van der Waals surface area contributed by atoms with E-state index in [0.717, 1.165) is 42.8 Å². The molecule has 1 aliphatic heterocycles. The van der Waals surface area contributed by atoms with Gasteiger partial charge in [-0.1, -0.05) is 54.6 Å². The second-order valence-electron chi connectivity index (χ2n) is 6.68. The minimum absolute atomic E-state index is 0.224. The summed E-state index contributed by atoms with van der Waals surface area (Å²) in [5, 5.41) is 9.15. The summed E-state index contributed by atoms with van der Waals surface area (Å²) in [6.45, 7) is 2.97. The molecule has 1 aliphatic rings. The lowest BCUT2D eigenvalue weighted by Gasteiger charge is -2.29. The van der Waals surface area contributed by atoms with Crippen LogP contribution in [0.25, 0.3) is 6.08 Å². The smallest absolute Gasteiger partial charge is 0.307 e. The van der Waals surface area contributed by atoms with Crippen LogP contribution in [0.4, 0.5) is 0 Å². The lowest BCUT2D eigenvalue weighted by atomic mass is 9.98. The second kappa shape index (κ2) is 9.20. The van der Waals surface area contributed by atoms with E-state index in [1.54, 1.807) is 0 Å². The molecular weight excluding hydrogens is 326 g/mol. The van der Waals surface area contributed by atoms with Gasteiger partial charge in [-0.2, -0.15) is 0 Å². The number of aliphatic carboxylic acids is 1. The highest BCUT2D eigenvalue weighted by molar-refractivity contribution is 5.70. The number of carboxylic acid groups (broad SMARTS) is 1. The van der Waals surface area contributed by atoms with Crippen molar-refractivity contribution in [2.24, 2.45) is 5.92 Å². The molecule has 26 heavy (non-hydrogen) atoms. The van der Waals surface area contributed by atoms with Crippen molar-refractivity contribution in [2.75, 3.05) is 19.6 Å². The average Bonchev–Trinajstić information content (AvgIpc) is 2.68. The summed E-state index contributed by atoms with van der Waals surface area (Å²) in [6.07, 6.45) is 5.92. The number of benzene rings is 2. The van der Waals surface area contributed by atoms with E-state index in [1.807, 2.05) is 54.6 Å². The zero-order valence-electron chi connectivity index (χ0n) is 14.9. The molecule has 2 aromatic carbocycles. The number of carboxylic acids is 1. The van der Waals surface area contributed by atoms with Gasteiger partial charge >= 0.3 is 5.97 Å². The number of hydrogen-bond acceptors (Lipinski definition) is 3. The van der Waals surface area contributed by atoms with Gasteiger partial charge < -0.3 is 9.84 Å². The van der Waals surface area contributed by atoms with Crippen LogP contribution in [0.1, 0.15) is 24.0 Å². The molecule has 0 bridgehead atoms. The van der Waals surface area contributed by atoms with E-state index in [0.29, 0.717) is 13.2 Å². The van der Waals surface area contributed by atoms with Crippen LogP contribution in [-0.2, 0) is 11.4 Å². The summed E-state index contributed by atoms with van der Waals surface area (Å²) in [4.78, 5) is 13.3. The van der Waals surface area contributed by atoms with E-state index in [4.69, 9.17) is 9.84 Å². The normalized spacial score (nSPS) is 18.1. The van der Waals surface area contributed by atoms with Crippen molar-refractivity contribution < 1.29 is 14.6 Å². The number of piperidine rings is 1. The molecule has 0 aromatic heterocycles. The average molecular weight is 351 g/mol. The zero-order chi connectivity index (χ0) is 18.2. The number of likely N-dealkylation sites (tertiary alicyclic amines) is 1. The summed E-state index contributed by atoms with van der Waals surface area (Å²) in [7, 11) is 0. The fraction of sp³-hybridized carbons (Fsp3) is 0.318. The van der Waals surface area contributed by atoms with Gasteiger partial charge in [0.1, 0.15) is 12.4 Å². The highest BCUT2D eigenvalue weighted by Gasteiger charge is 2.24. The molecule has 0 amide bonds. The molecule has 1 unspecified atom stereocenters. The first kappa shape index (κ1) is 18.2. The molecule has 1 atom stereocenters. The van der Waals surface area contributed by atoms with E-state index >= 15 is 0 Å². The van der Waals surface area contributed by atoms with Gasteiger partial charge in [0, 0.05) is 13.1 Å². The Balaban J connectivity index is 1.46. The van der Waals surface area contributed by atoms with E-state index in [1.165, 1.54) is 0 Å². The molecule has 1 N–H and O–H groups in total. The van der Waals surface area contributed by atoms with Crippen LogP contribution >= 0.6 is 0 Å². The molecule has 4 nitrogen and oxygen atoms in total. The third-order valence-corrected chi connectivity index (χ3v) is 4.66. The largest absolute Gasteiger partial charge is 0.489 e. The third kappa shape index (κ3) is 5.46. The Morgan fingerprint density at radius 3 is 2.65 bits per heavy atom. The van der Waals surface area contributed by atoms with Crippen LogP contribution < -0.4 is 4.74 Å². The maximum Gasteiger partial charge on any atom is 0.307 e. The van der Waals surface area contributed by atoms with Gasteiger partial charge in [0.05, 0.1) is 5.92 Å². The van der Waals surface area contributed by atoms with E-state index in [2.05, 4.69) is 17.1 Å². The summed E-state index contributed by atoms with van der Waals surface area (Å²) in [5.74, 6) is -0.0469. The van der Waals surface area contributed by atoms with Gasteiger partial charge in [-0.3, -0.25) is 9.69 Å². The molecule has 0 saturated carbocycles. The molecule has 0 spiro atoms. The van der Waals surface area contributed by atoms with Crippen molar-refractivity contribution in [3.63, 3.8) is 0 Å². The quantitative estimate of drug-likeness (QED) is 0.817. The Morgan fingerprint density at radius 2 is 1.92 bits per heavy atom. The Hall–Kier alpha value is -2.59. The topological polar surface area (TPSA) is 49.8 Å². The van der Waals surface area contributed by atoms with E-state index < -0.39 is 5.97 Å². The minimum atomic E-state index is -0.676. The van der Waals surface area contributed by atoms with Gasteiger partial charge in [0.25, 0.3) is 0 Å². The molecule has 1 heterocycles. The molecule has 2 aromatic rings. The van der Waals surface area contributed by atoms with Crippen molar-refractivity contribution in [3.05, 3.63) is 71.8 Å². The number of nitrogens with zero attached hydrogens (tertiary/aromatic N) is 1. The van der Waals surface area contributed by atoms with Gasteiger partial charge in [0.2, 0.25) is 0 Å². The van der Waals surface area contributed by atoms with Crippen LogP contribution in [0.5, 0.6) is 5.75 Å². The molecule has 4 heteroatoms. The lowest BCUT2D eigenvalue weighted by molar-refractivity contribution is -0.143. The van der Waals surface area contributed by atoms with Gasteiger partial charge in [-0.25, -0.2) is 0 Å². The molecule has 0 radical (unpaired) electrons. The first-order chi connectivity index (χ1) is 12.7. The predicted octanol–water partition coefficient (Wildman–Crippen LogP) is 4.08. The first-order valence-corrected chi connectivity index (χ1v) is 9.09. The predicted molar refractivity (Wildman–Crippen MR) is 103 cm³/mol. The van der Waals surface area contributed by atoms with Crippen molar-refractivity contribution in [3.8, 4) is 5.75 Å². The maximum absolute atomic E-state index is 11.1. The highest BCUT2D eigenvalue weighted by atomic mass is 16.5. The van der Waals surface area contributed by atoms with Crippen molar-refractivity contribution >= 4 is 12.0 Å². The molecular formula is C22H25NO3. The van der Waals surface area contributed by atoms with Crippen LogP contribution in [0.2, 0.25) is 0 Å². The van der Waals surface area contributed by atoms with Gasteiger partial charge in [0.15, 0.2) is 0 Å². The van der Waals surface area contributed by atoms with Crippen molar-refractivity contribution in [1.82, 2.24) is 4.90 Å². The Morgan fingerprint density at radius 1 is 1.15 bits per heavy atom. The summed E-state index contributed by atoms with van der Waals surface area (Å²) < 4.78 is 5.79. The van der Waals surface area contributed by atoms with E-state index in [9.17, 15) is 4.79 Å². The van der Waals surface area contributed by atoms with Crippen LogP contribution in [0, 0.1) is 5.92 Å². The van der Waals surface area contributed by atoms with Crippen molar-refractivity contribution in [2.45, 2.75) is 19.4 Å². The SMILES string of the molecule is O=C(O)C1CCCN(C/C=C/c2ccc(OCc3ccccc3)cc2)C1. The summed E-state index contributed by atoms with van der Waals surface area (Å²) in [6, 6.07) is 18.1. The summed E-state index contributed by atoms with van der Waals surface area (Å²) in [5.41, 5.74) is 2.27. The standard InChI is InChI=1S/C22H25NO3/c24-22(25)20-9-5-15-23(16-20)14-4-8-18-10-12-21(13-11-18)26-17-19-6-2-1-3-7-19/h1-4,6-8,10-13,20H,5,9,14-17H2,(H,24,25)/b8-4+. The third-order valence-electron chi connectivity index (χ3n) is 4.66. The second-order valence-corrected chi connectivity index (χ2v) is 6.68. The minimum Gasteiger partial charge on any atom is -0.489 e. The molecule has 1 saturated heterocycles. The molecule has 3 rings (SSSR count). The first-order valence-electron chi connectivity index (χ1n) is 9.09. The van der Waals surface area contributed by atoms with Crippen LogP contribution in [0.15, 0.2) is 60.7 Å². The highest BCUT2D eigenvalue weighted by Crippen LogP contribution is 2.17. The Bertz CT molecular complexity index is 725. The summed E-state index contributed by atoms with van der Waals surface area (Å²) >= 11 is 0. The number of carbonyl (C=O) groups is 1. The maximum atomic E-state index is 11.1. The molecule has 1 fully saturated rings. The number of rotatable bonds is 7. The Labute approximate surface area is 154 Å². The van der Waals surface area contributed by atoms with Gasteiger partial charge in [-0.15, -0.1) is 0 Å². The van der Waals surface area contributed by atoms with Crippen LogP contribution in [0.3, 0.4) is 0 Å². The van der Waals surface area contributed by atoms with Crippen LogP contribution in [-0.4, -0.2) is 35.6 Å².